The summed E-state index contributed by atoms with van der Waals surface area (Å²) in [6, 6.07) is 0. The van der Waals surface area contributed by atoms with Crippen molar-refractivity contribution in [2.45, 2.75) is 129 Å². The predicted molar refractivity (Wildman–Crippen MR) is 143 cm³/mol. The van der Waals surface area contributed by atoms with Crippen molar-refractivity contribution in [1.82, 2.24) is 0 Å². The average Bonchev–Trinajstić information content (AvgIpc) is 2.61. The van der Waals surface area contributed by atoms with Crippen LogP contribution in [-0.4, -0.2) is 29.8 Å². The van der Waals surface area contributed by atoms with Crippen LogP contribution in [0.2, 0.25) is 33.2 Å². The van der Waals surface area contributed by atoms with E-state index in [-0.39, 0.29) is 5.41 Å². The topological polar surface area (TPSA) is 18.5 Å². The fourth-order valence-corrected chi connectivity index (χ4v) is 17.4. The highest BCUT2D eigenvalue weighted by atomic mass is 28.4. The zero-order valence-corrected chi connectivity index (χ0v) is 24.8. The Bertz CT molecular complexity index is 508. The van der Waals surface area contributed by atoms with E-state index < -0.39 is 16.6 Å². The number of hydrogen-bond donors (Lipinski definition) is 0. The Morgan fingerprint density at radius 2 is 0.774 bits per heavy atom. The second-order valence-electron chi connectivity index (χ2n) is 11.5. The van der Waals surface area contributed by atoms with Crippen molar-refractivity contribution in [3.63, 3.8) is 0 Å². The number of hydrogen-bond acceptors (Lipinski definition) is 2. The second-order valence-corrected chi connectivity index (χ2v) is 22.4. The summed E-state index contributed by atoms with van der Waals surface area (Å²) in [6.45, 7) is 29.0. The number of rotatable bonds is 14. The van der Waals surface area contributed by atoms with Gasteiger partial charge in [0.25, 0.3) is 0 Å². The van der Waals surface area contributed by atoms with Crippen LogP contribution in [0.5, 0.6) is 0 Å². The van der Waals surface area contributed by atoms with Gasteiger partial charge in [-0.1, -0.05) is 83.1 Å². The SMILES string of the molecule is C#CCC(CC#C)(CO[Si](C(C)C)(C(C)C)C(C)C)CO[Si](C(C)C)(C(C)C)C(C)C. The molecule has 0 aliphatic carbocycles. The van der Waals surface area contributed by atoms with E-state index in [9.17, 15) is 0 Å². The van der Waals surface area contributed by atoms with Crippen molar-refractivity contribution in [3.8, 4) is 24.7 Å². The molecule has 0 atom stereocenters. The Labute approximate surface area is 197 Å². The van der Waals surface area contributed by atoms with Gasteiger partial charge in [0.15, 0.2) is 16.6 Å². The molecule has 0 aliphatic rings. The molecule has 4 heteroatoms. The summed E-state index contributed by atoms with van der Waals surface area (Å²) in [6.07, 6.45) is 12.9. The largest absolute Gasteiger partial charge is 0.415 e. The first-order valence-corrected chi connectivity index (χ1v) is 16.6. The number of terminal acetylenes is 2. The first-order valence-electron chi connectivity index (χ1n) is 12.3. The quantitative estimate of drug-likeness (QED) is 0.190. The van der Waals surface area contributed by atoms with Gasteiger partial charge < -0.3 is 8.85 Å². The summed E-state index contributed by atoms with van der Waals surface area (Å²) in [5.41, 5.74) is 2.83. The highest BCUT2D eigenvalue weighted by molar-refractivity contribution is 6.78. The molecule has 0 spiro atoms. The minimum absolute atomic E-state index is 0.322. The minimum Gasteiger partial charge on any atom is -0.415 e. The van der Waals surface area contributed by atoms with Gasteiger partial charge in [-0.2, -0.15) is 0 Å². The summed E-state index contributed by atoms with van der Waals surface area (Å²) < 4.78 is 14.0. The molecule has 0 saturated heterocycles. The van der Waals surface area contributed by atoms with Crippen LogP contribution in [0.4, 0.5) is 0 Å². The van der Waals surface area contributed by atoms with Crippen molar-refractivity contribution in [1.29, 1.82) is 0 Å². The van der Waals surface area contributed by atoms with Crippen molar-refractivity contribution in [3.05, 3.63) is 0 Å². The van der Waals surface area contributed by atoms with E-state index in [4.69, 9.17) is 21.7 Å². The summed E-state index contributed by atoms with van der Waals surface area (Å²) in [7, 11) is -4.03. The molecule has 0 unspecified atom stereocenters. The van der Waals surface area contributed by atoms with Gasteiger partial charge in [0.1, 0.15) is 0 Å². The van der Waals surface area contributed by atoms with Crippen LogP contribution in [0.25, 0.3) is 0 Å². The van der Waals surface area contributed by atoms with Gasteiger partial charge in [0.05, 0.1) is 0 Å². The lowest BCUT2D eigenvalue weighted by Crippen LogP contribution is -2.53. The van der Waals surface area contributed by atoms with E-state index in [2.05, 4.69) is 94.9 Å². The molecule has 2 nitrogen and oxygen atoms in total. The maximum absolute atomic E-state index is 7.01. The van der Waals surface area contributed by atoms with Crippen molar-refractivity contribution >= 4 is 16.6 Å². The Morgan fingerprint density at radius 3 is 0.935 bits per heavy atom. The van der Waals surface area contributed by atoms with Crippen LogP contribution >= 0.6 is 0 Å². The lowest BCUT2D eigenvalue weighted by Gasteiger charge is -2.47. The molecule has 0 rings (SSSR count). The molecule has 180 valence electrons. The van der Waals surface area contributed by atoms with Crippen LogP contribution in [-0.2, 0) is 8.85 Å². The van der Waals surface area contributed by atoms with Crippen molar-refractivity contribution in [2.75, 3.05) is 13.2 Å². The summed E-state index contributed by atoms with van der Waals surface area (Å²) in [5, 5.41) is 0. The predicted octanol–water partition coefficient (Wildman–Crippen LogP) is 8.40. The van der Waals surface area contributed by atoms with Gasteiger partial charge in [-0.15, -0.1) is 24.7 Å². The third-order valence-electron chi connectivity index (χ3n) is 7.63. The summed E-state index contributed by atoms with van der Waals surface area (Å²) >= 11 is 0. The fourth-order valence-electron chi connectivity index (χ4n) is 6.30. The second kappa shape index (κ2) is 12.6. The van der Waals surface area contributed by atoms with E-state index in [1.807, 2.05) is 0 Å². The first-order chi connectivity index (χ1) is 14.2. The van der Waals surface area contributed by atoms with Gasteiger partial charge in [0, 0.05) is 31.5 Å². The van der Waals surface area contributed by atoms with Crippen LogP contribution in [0.15, 0.2) is 0 Å². The highest BCUT2D eigenvalue weighted by Gasteiger charge is 2.49. The van der Waals surface area contributed by atoms with Gasteiger partial charge in [0.2, 0.25) is 0 Å². The molecule has 0 radical (unpaired) electrons. The van der Waals surface area contributed by atoms with Gasteiger partial charge in [-0.25, -0.2) is 0 Å². The lowest BCUT2D eigenvalue weighted by atomic mass is 9.83. The lowest BCUT2D eigenvalue weighted by molar-refractivity contribution is 0.0683. The smallest absolute Gasteiger partial charge is 0.200 e. The zero-order valence-electron chi connectivity index (χ0n) is 22.8. The normalized spacial score (nSPS) is 13.7. The van der Waals surface area contributed by atoms with Gasteiger partial charge >= 0.3 is 0 Å². The Hall–Kier alpha value is -0.526. The zero-order chi connectivity index (χ0) is 24.6. The molecular weight excluding hydrogens is 412 g/mol. The molecule has 0 N–H and O–H groups in total. The van der Waals surface area contributed by atoms with E-state index in [0.29, 0.717) is 59.3 Å². The first kappa shape index (κ1) is 30.5. The van der Waals surface area contributed by atoms with E-state index in [0.717, 1.165) is 0 Å². The maximum atomic E-state index is 7.01. The maximum Gasteiger partial charge on any atom is 0.200 e. The summed E-state index contributed by atoms with van der Waals surface area (Å²) in [5.74, 6) is 5.83. The Morgan fingerprint density at radius 1 is 0.548 bits per heavy atom. The summed E-state index contributed by atoms with van der Waals surface area (Å²) in [4.78, 5) is 0. The highest BCUT2D eigenvalue weighted by Crippen LogP contribution is 2.46. The standard InChI is InChI=1S/C27H52O2Si2/c1-15-17-27(18-16-2,19-28-30(21(3)4,22(5)6)23(7)8)20-29-31(24(9)10,25(11)12)26(13)14/h1-2,21-26H,17-20H2,3-14H3. The molecule has 0 saturated carbocycles. The van der Waals surface area contributed by atoms with Crippen molar-refractivity contribution < 1.29 is 8.85 Å². The monoisotopic (exact) mass is 464 g/mol. The Kier molecular flexibility index (Phi) is 12.4. The molecular formula is C27H52O2Si2. The van der Waals surface area contributed by atoms with Crippen LogP contribution in [0.3, 0.4) is 0 Å². The molecule has 0 aliphatic heterocycles. The fraction of sp³-hybridized carbons (Fsp3) is 0.852. The molecule has 0 heterocycles. The molecule has 0 aromatic carbocycles. The molecule has 0 fully saturated rings. The van der Waals surface area contributed by atoms with Gasteiger partial charge in [-0.3, -0.25) is 0 Å². The third kappa shape index (κ3) is 6.73. The van der Waals surface area contributed by atoms with Crippen LogP contribution < -0.4 is 0 Å². The van der Waals surface area contributed by atoms with Crippen LogP contribution in [0.1, 0.15) is 95.9 Å². The molecule has 0 bridgehead atoms. The average molecular weight is 465 g/mol. The van der Waals surface area contributed by atoms with E-state index in [1.54, 1.807) is 0 Å². The molecule has 0 aromatic heterocycles. The van der Waals surface area contributed by atoms with Crippen LogP contribution in [0, 0.1) is 30.1 Å². The van der Waals surface area contributed by atoms with E-state index >= 15 is 0 Å². The molecule has 31 heavy (non-hydrogen) atoms. The molecule has 0 amide bonds. The van der Waals surface area contributed by atoms with Gasteiger partial charge in [-0.05, 0) is 33.2 Å². The van der Waals surface area contributed by atoms with E-state index in [1.165, 1.54) is 0 Å². The Balaban J connectivity index is 6.13. The van der Waals surface area contributed by atoms with Crippen molar-refractivity contribution in [2.24, 2.45) is 5.41 Å². The molecule has 0 aromatic rings. The third-order valence-corrected chi connectivity index (χ3v) is 19.7. The minimum atomic E-state index is -2.02.